The van der Waals surface area contributed by atoms with Gasteiger partial charge in [-0.1, -0.05) is 34.8 Å². The molecule has 0 saturated carbocycles. The molecule has 2 rings (SSSR count). The summed E-state index contributed by atoms with van der Waals surface area (Å²) >= 11 is 17.3. The van der Waals surface area contributed by atoms with Gasteiger partial charge in [-0.05, 0) is 18.2 Å². The first kappa shape index (κ1) is 19.2. The summed E-state index contributed by atoms with van der Waals surface area (Å²) in [7, 11) is 0. The van der Waals surface area contributed by atoms with Crippen LogP contribution in [0.25, 0.3) is 0 Å². The minimum atomic E-state index is -1.22. The molecule has 0 unspecified atom stereocenters. The smallest absolute Gasteiger partial charge is 0.303 e. The molecule has 1 aromatic carbocycles. The molecule has 7 nitrogen and oxygen atoms in total. The molecule has 2 aromatic rings. The third kappa shape index (κ3) is 4.47. The van der Waals surface area contributed by atoms with Crippen molar-refractivity contribution in [3.63, 3.8) is 0 Å². The first-order valence-electron chi connectivity index (χ1n) is 6.66. The molecule has 0 radical (unpaired) electrons. The first-order chi connectivity index (χ1) is 11.7. The van der Waals surface area contributed by atoms with Crippen molar-refractivity contribution in [2.45, 2.75) is 12.8 Å². The Balaban J connectivity index is 2.24. The molecule has 11 heteroatoms. The molecule has 1 aromatic heterocycles. The summed E-state index contributed by atoms with van der Waals surface area (Å²) in [6.07, 6.45) is -0.946. The number of rotatable bonds is 5. The van der Waals surface area contributed by atoms with E-state index in [1.165, 1.54) is 18.2 Å². The molecule has 0 aliphatic carbocycles. The van der Waals surface area contributed by atoms with Crippen molar-refractivity contribution in [3.8, 4) is 0 Å². The Labute approximate surface area is 155 Å². The van der Waals surface area contributed by atoms with E-state index in [4.69, 9.17) is 39.9 Å². The van der Waals surface area contributed by atoms with Crippen LogP contribution in [-0.2, 0) is 4.79 Å². The van der Waals surface area contributed by atoms with Gasteiger partial charge >= 0.3 is 5.97 Å². The predicted molar refractivity (Wildman–Crippen MR) is 89.1 cm³/mol. The average Bonchev–Trinajstić information content (AvgIpc) is 2.84. The van der Waals surface area contributed by atoms with Gasteiger partial charge in [0.25, 0.3) is 5.91 Å². The maximum atomic E-state index is 14.1. The molecule has 2 N–H and O–H groups in total. The third-order valence-electron chi connectivity index (χ3n) is 2.96. The minimum Gasteiger partial charge on any atom is -0.481 e. The normalized spacial score (nSPS) is 10.6. The van der Waals surface area contributed by atoms with E-state index in [-0.39, 0.29) is 10.7 Å². The van der Waals surface area contributed by atoms with Crippen LogP contribution in [0, 0.1) is 5.82 Å². The number of carbonyl (C=O) groups excluding carboxylic acids is 2. The lowest BCUT2D eigenvalue weighted by atomic mass is 10.3. The second-order valence-corrected chi connectivity index (χ2v) is 5.93. The van der Waals surface area contributed by atoms with Gasteiger partial charge in [0.15, 0.2) is 16.7 Å². The number of carbonyl (C=O) groups is 3. The molecule has 1 amide bonds. The number of nitrogens with one attached hydrogen (secondary N) is 1. The third-order valence-corrected chi connectivity index (χ3v) is 3.83. The molecule has 0 fully saturated rings. The topological polar surface area (TPSA) is 101 Å². The van der Waals surface area contributed by atoms with Crippen LogP contribution < -0.4 is 5.32 Å². The molecule has 0 saturated heterocycles. The van der Waals surface area contributed by atoms with E-state index in [1.807, 2.05) is 0 Å². The molecular weight excluding hydrogens is 400 g/mol. The molecule has 1 heterocycles. The highest BCUT2D eigenvalue weighted by Gasteiger charge is 2.26. The van der Waals surface area contributed by atoms with Crippen LogP contribution in [0.3, 0.4) is 0 Å². The molecule has 0 spiro atoms. The monoisotopic (exact) mass is 407 g/mol. The second-order valence-electron chi connectivity index (χ2n) is 4.73. The Kier molecular flexibility index (Phi) is 5.99. The van der Waals surface area contributed by atoms with Gasteiger partial charge < -0.3 is 10.4 Å². The lowest BCUT2D eigenvalue weighted by Gasteiger charge is -2.05. The van der Waals surface area contributed by atoms with Crippen LogP contribution in [0.4, 0.5) is 10.1 Å². The van der Waals surface area contributed by atoms with Gasteiger partial charge in [-0.3, -0.25) is 14.4 Å². The number of hydrogen-bond acceptors (Lipinski definition) is 4. The number of benzene rings is 1. The van der Waals surface area contributed by atoms with Gasteiger partial charge in [-0.15, -0.1) is 0 Å². The SMILES string of the molecule is O=C(O)CCC(=O)n1nc(C(=O)Nc2ccc(Cl)cc2Cl)c(F)c1Cl. The van der Waals surface area contributed by atoms with Crippen molar-refractivity contribution >= 4 is 58.3 Å². The van der Waals surface area contributed by atoms with Gasteiger partial charge in [-0.2, -0.15) is 9.78 Å². The fourth-order valence-corrected chi connectivity index (χ4v) is 2.46. The number of halogens is 4. The lowest BCUT2D eigenvalue weighted by Crippen LogP contribution is -2.17. The second kappa shape index (κ2) is 7.81. The number of carboxylic acids is 1. The van der Waals surface area contributed by atoms with Crippen molar-refractivity contribution in [1.29, 1.82) is 0 Å². The Hall–Kier alpha value is -2.16. The summed E-state index contributed by atoms with van der Waals surface area (Å²) in [5.74, 6) is -4.29. The van der Waals surface area contributed by atoms with Crippen molar-refractivity contribution in [1.82, 2.24) is 9.78 Å². The van der Waals surface area contributed by atoms with Gasteiger partial charge in [0.2, 0.25) is 5.91 Å². The molecule has 132 valence electrons. The van der Waals surface area contributed by atoms with Crippen molar-refractivity contribution in [2.24, 2.45) is 0 Å². The summed E-state index contributed by atoms with van der Waals surface area (Å²) < 4.78 is 14.5. The van der Waals surface area contributed by atoms with E-state index in [0.29, 0.717) is 9.70 Å². The van der Waals surface area contributed by atoms with Gasteiger partial charge in [0, 0.05) is 11.4 Å². The first-order valence-corrected chi connectivity index (χ1v) is 7.79. The Morgan fingerprint density at radius 2 is 1.88 bits per heavy atom. The predicted octanol–water partition coefficient (Wildman–Crippen LogP) is 3.74. The quantitative estimate of drug-likeness (QED) is 0.785. The van der Waals surface area contributed by atoms with Gasteiger partial charge in [-0.25, -0.2) is 4.39 Å². The number of nitrogens with zero attached hydrogens (tertiary/aromatic N) is 2. The fourth-order valence-electron chi connectivity index (χ4n) is 1.78. The number of aromatic nitrogens is 2. The van der Waals surface area contributed by atoms with E-state index >= 15 is 0 Å². The van der Waals surface area contributed by atoms with Crippen LogP contribution in [0.5, 0.6) is 0 Å². The highest BCUT2D eigenvalue weighted by atomic mass is 35.5. The van der Waals surface area contributed by atoms with E-state index in [0.717, 1.165) is 0 Å². The number of aliphatic carboxylic acids is 1. The Morgan fingerprint density at radius 1 is 1.20 bits per heavy atom. The number of amides is 1. The standard InChI is InChI=1S/C14H9Cl3FN3O4/c15-6-1-2-8(7(16)5-6)19-14(25)12-11(18)13(17)21(20-12)9(22)3-4-10(23)24/h1-2,5H,3-4H2,(H,19,25)(H,23,24). The lowest BCUT2D eigenvalue weighted by molar-refractivity contribution is -0.137. The van der Waals surface area contributed by atoms with Crippen LogP contribution in [0.1, 0.15) is 28.1 Å². The average molecular weight is 409 g/mol. The molecule has 0 aliphatic rings. The van der Waals surface area contributed by atoms with Crippen molar-refractivity contribution in [3.05, 3.63) is 44.9 Å². The zero-order valence-corrected chi connectivity index (χ0v) is 14.5. The highest BCUT2D eigenvalue weighted by Crippen LogP contribution is 2.26. The van der Waals surface area contributed by atoms with Crippen LogP contribution >= 0.6 is 34.8 Å². The van der Waals surface area contributed by atoms with Crippen LogP contribution in [-0.4, -0.2) is 32.7 Å². The summed E-state index contributed by atoms with van der Waals surface area (Å²) in [5.41, 5.74) is -0.585. The van der Waals surface area contributed by atoms with E-state index in [9.17, 15) is 18.8 Å². The van der Waals surface area contributed by atoms with Crippen LogP contribution in [0.15, 0.2) is 18.2 Å². The summed E-state index contributed by atoms with van der Waals surface area (Å²) in [6, 6.07) is 4.23. The highest BCUT2D eigenvalue weighted by molar-refractivity contribution is 6.37. The van der Waals surface area contributed by atoms with E-state index in [2.05, 4.69) is 10.4 Å². The Morgan fingerprint density at radius 3 is 2.48 bits per heavy atom. The fraction of sp³-hybridized carbons (Fsp3) is 0.143. The summed E-state index contributed by atoms with van der Waals surface area (Å²) in [4.78, 5) is 34.5. The van der Waals surface area contributed by atoms with Crippen molar-refractivity contribution < 1.29 is 23.9 Å². The molecular formula is C14H9Cl3FN3O4. The maximum Gasteiger partial charge on any atom is 0.303 e. The minimum absolute atomic E-state index is 0.115. The van der Waals surface area contributed by atoms with Gasteiger partial charge in [0.05, 0.1) is 17.1 Å². The zero-order chi connectivity index (χ0) is 18.7. The maximum absolute atomic E-state index is 14.1. The Bertz CT molecular complexity index is 869. The van der Waals surface area contributed by atoms with Crippen LogP contribution in [0.2, 0.25) is 15.2 Å². The summed E-state index contributed by atoms with van der Waals surface area (Å²) in [5, 5.41) is 14.1. The largest absolute Gasteiger partial charge is 0.481 e. The zero-order valence-electron chi connectivity index (χ0n) is 12.2. The molecule has 0 bridgehead atoms. The molecule has 25 heavy (non-hydrogen) atoms. The van der Waals surface area contributed by atoms with E-state index in [1.54, 1.807) is 0 Å². The number of anilines is 1. The molecule has 0 aliphatic heterocycles. The van der Waals surface area contributed by atoms with Gasteiger partial charge in [0.1, 0.15) is 0 Å². The van der Waals surface area contributed by atoms with Crippen molar-refractivity contribution in [2.75, 3.05) is 5.32 Å². The summed E-state index contributed by atoms with van der Waals surface area (Å²) in [6.45, 7) is 0. The number of hydrogen-bond donors (Lipinski definition) is 2. The number of carboxylic acid groups (broad SMARTS) is 1. The van der Waals surface area contributed by atoms with E-state index < -0.39 is 47.3 Å². The molecule has 0 atom stereocenters.